The van der Waals surface area contributed by atoms with E-state index in [9.17, 15) is 13.2 Å². The summed E-state index contributed by atoms with van der Waals surface area (Å²) in [6.45, 7) is 2.52. The van der Waals surface area contributed by atoms with Crippen LogP contribution in [0.5, 0.6) is 0 Å². The van der Waals surface area contributed by atoms with E-state index in [0.717, 1.165) is 6.07 Å². The highest BCUT2D eigenvalue weighted by atomic mass is 19.2. The number of hydrogen-bond acceptors (Lipinski definition) is 2. The van der Waals surface area contributed by atoms with Gasteiger partial charge in [-0.1, -0.05) is 0 Å². The molecule has 0 aliphatic heterocycles. The van der Waals surface area contributed by atoms with E-state index in [1.165, 1.54) is 6.20 Å². The second-order valence-corrected chi connectivity index (χ2v) is 3.41. The van der Waals surface area contributed by atoms with Gasteiger partial charge in [0.15, 0.2) is 11.6 Å². The number of nitrogens with one attached hydrogen (secondary N) is 1. The molecule has 0 saturated heterocycles. The lowest BCUT2D eigenvalue weighted by Crippen LogP contribution is -2.03. The standard InChI is InChI=1S/C11H10F3N3/c1-2-17-4-3-15-11(17)16-10-6-8(13)7(12)5-9(10)14/h3-6H,2H2,1H3,(H,15,16). The fourth-order valence-electron chi connectivity index (χ4n) is 1.43. The molecule has 1 aromatic carbocycles. The molecule has 0 amide bonds. The molecule has 1 N–H and O–H groups in total. The summed E-state index contributed by atoms with van der Waals surface area (Å²) in [7, 11) is 0. The lowest BCUT2D eigenvalue weighted by Gasteiger charge is -2.09. The molecular weight excluding hydrogens is 231 g/mol. The molecule has 17 heavy (non-hydrogen) atoms. The summed E-state index contributed by atoms with van der Waals surface area (Å²) in [5.41, 5.74) is -0.148. The van der Waals surface area contributed by atoms with Gasteiger partial charge < -0.3 is 9.88 Å². The van der Waals surface area contributed by atoms with Gasteiger partial charge >= 0.3 is 0 Å². The first kappa shape index (κ1) is 11.5. The second kappa shape index (κ2) is 4.48. The molecule has 0 bridgehead atoms. The number of aryl methyl sites for hydroxylation is 1. The Kier molecular flexibility index (Phi) is 3.03. The van der Waals surface area contributed by atoms with Crippen LogP contribution in [0.3, 0.4) is 0 Å². The number of aromatic nitrogens is 2. The van der Waals surface area contributed by atoms with E-state index < -0.39 is 17.5 Å². The van der Waals surface area contributed by atoms with Gasteiger partial charge in [0.2, 0.25) is 5.95 Å². The largest absolute Gasteiger partial charge is 0.323 e. The first-order valence-corrected chi connectivity index (χ1v) is 5.04. The molecule has 0 aliphatic rings. The molecule has 0 fully saturated rings. The maximum Gasteiger partial charge on any atom is 0.207 e. The van der Waals surface area contributed by atoms with E-state index in [1.807, 2.05) is 6.92 Å². The van der Waals surface area contributed by atoms with E-state index in [2.05, 4.69) is 10.3 Å². The molecule has 0 radical (unpaired) electrons. The predicted molar refractivity (Wildman–Crippen MR) is 57.5 cm³/mol. The Morgan fingerprint density at radius 3 is 2.59 bits per heavy atom. The topological polar surface area (TPSA) is 29.9 Å². The van der Waals surface area contributed by atoms with E-state index in [0.29, 0.717) is 18.6 Å². The Morgan fingerprint density at radius 1 is 1.18 bits per heavy atom. The minimum absolute atomic E-state index is 0.148. The Balaban J connectivity index is 2.33. The van der Waals surface area contributed by atoms with Crippen molar-refractivity contribution in [3.05, 3.63) is 42.0 Å². The summed E-state index contributed by atoms with van der Waals surface area (Å²) in [4.78, 5) is 3.94. The van der Waals surface area contributed by atoms with Gasteiger partial charge in [-0.3, -0.25) is 0 Å². The molecule has 1 aromatic heterocycles. The van der Waals surface area contributed by atoms with Crippen LogP contribution < -0.4 is 5.32 Å². The Labute approximate surface area is 95.9 Å². The van der Waals surface area contributed by atoms with Gasteiger partial charge in [0.05, 0.1) is 5.69 Å². The first-order chi connectivity index (χ1) is 8.11. The van der Waals surface area contributed by atoms with E-state index in [-0.39, 0.29) is 5.69 Å². The molecule has 2 aromatic rings. The average molecular weight is 241 g/mol. The third kappa shape index (κ3) is 2.25. The molecule has 1 heterocycles. The maximum absolute atomic E-state index is 13.4. The summed E-state index contributed by atoms with van der Waals surface area (Å²) in [6.07, 6.45) is 3.23. The van der Waals surface area contributed by atoms with Crippen LogP contribution in [0.4, 0.5) is 24.8 Å². The van der Waals surface area contributed by atoms with Crippen LogP contribution in [0.1, 0.15) is 6.92 Å². The van der Waals surface area contributed by atoms with Gasteiger partial charge in [-0.25, -0.2) is 18.2 Å². The first-order valence-electron chi connectivity index (χ1n) is 5.04. The van der Waals surface area contributed by atoms with Crippen LogP contribution >= 0.6 is 0 Å². The Hall–Kier alpha value is -1.98. The molecule has 90 valence electrons. The van der Waals surface area contributed by atoms with Gasteiger partial charge in [-0.15, -0.1) is 0 Å². The third-order valence-corrected chi connectivity index (χ3v) is 2.31. The molecule has 6 heteroatoms. The molecule has 3 nitrogen and oxygen atoms in total. The van der Waals surface area contributed by atoms with Crippen molar-refractivity contribution >= 4 is 11.6 Å². The zero-order chi connectivity index (χ0) is 12.4. The van der Waals surface area contributed by atoms with Crippen molar-refractivity contribution in [2.24, 2.45) is 0 Å². The average Bonchev–Trinajstić information content (AvgIpc) is 2.73. The molecular formula is C11H10F3N3. The van der Waals surface area contributed by atoms with Crippen LogP contribution in [0.2, 0.25) is 0 Å². The minimum atomic E-state index is -1.22. The normalized spacial score (nSPS) is 10.6. The number of rotatable bonds is 3. The van der Waals surface area contributed by atoms with Gasteiger partial charge in [-0.2, -0.15) is 0 Å². The van der Waals surface area contributed by atoms with Crippen LogP contribution in [0.25, 0.3) is 0 Å². The van der Waals surface area contributed by atoms with E-state index in [4.69, 9.17) is 0 Å². The second-order valence-electron chi connectivity index (χ2n) is 3.41. The van der Waals surface area contributed by atoms with Crippen molar-refractivity contribution in [1.82, 2.24) is 9.55 Å². The Morgan fingerprint density at radius 2 is 1.88 bits per heavy atom. The van der Waals surface area contributed by atoms with Gasteiger partial charge in [0, 0.05) is 31.1 Å². The maximum atomic E-state index is 13.4. The van der Waals surface area contributed by atoms with Crippen molar-refractivity contribution in [2.75, 3.05) is 5.32 Å². The number of halogens is 3. The molecule has 0 atom stereocenters. The number of benzene rings is 1. The zero-order valence-corrected chi connectivity index (χ0v) is 9.04. The summed E-state index contributed by atoms with van der Waals surface area (Å²) >= 11 is 0. The Bertz CT molecular complexity index is 537. The summed E-state index contributed by atoms with van der Waals surface area (Å²) in [5, 5.41) is 2.61. The monoisotopic (exact) mass is 241 g/mol. The van der Waals surface area contributed by atoms with Crippen molar-refractivity contribution in [2.45, 2.75) is 13.5 Å². The van der Waals surface area contributed by atoms with E-state index in [1.54, 1.807) is 10.8 Å². The fourth-order valence-corrected chi connectivity index (χ4v) is 1.43. The summed E-state index contributed by atoms with van der Waals surface area (Å²) in [6, 6.07) is 1.26. The number of imidazole rings is 1. The fraction of sp³-hybridized carbons (Fsp3) is 0.182. The third-order valence-electron chi connectivity index (χ3n) is 2.31. The highest BCUT2D eigenvalue weighted by Crippen LogP contribution is 2.21. The number of hydrogen-bond donors (Lipinski definition) is 1. The lowest BCUT2D eigenvalue weighted by molar-refractivity contribution is 0.496. The van der Waals surface area contributed by atoms with Crippen molar-refractivity contribution in [3.8, 4) is 0 Å². The molecule has 0 saturated carbocycles. The van der Waals surface area contributed by atoms with Crippen LogP contribution in [-0.4, -0.2) is 9.55 Å². The van der Waals surface area contributed by atoms with Crippen molar-refractivity contribution in [1.29, 1.82) is 0 Å². The lowest BCUT2D eigenvalue weighted by atomic mass is 10.3. The number of anilines is 2. The molecule has 0 unspecified atom stereocenters. The summed E-state index contributed by atoms with van der Waals surface area (Å²) in [5.74, 6) is -2.82. The van der Waals surface area contributed by atoms with Crippen LogP contribution in [0, 0.1) is 17.5 Å². The van der Waals surface area contributed by atoms with Gasteiger partial charge in [-0.05, 0) is 6.92 Å². The predicted octanol–water partition coefficient (Wildman–Crippen LogP) is 3.06. The van der Waals surface area contributed by atoms with Crippen LogP contribution in [0.15, 0.2) is 24.5 Å². The highest BCUT2D eigenvalue weighted by molar-refractivity contribution is 5.54. The zero-order valence-electron chi connectivity index (χ0n) is 9.04. The van der Waals surface area contributed by atoms with Gasteiger partial charge in [0.25, 0.3) is 0 Å². The quantitative estimate of drug-likeness (QED) is 0.837. The molecule has 0 spiro atoms. The number of nitrogens with zero attached hydrogens (tertiary/aromatic N) is 2. The SMILES string of the molecule is CCn1ccnc1Nc1cc(F)c(F)cc1F. The molecule has 2 rings (SSSR count). The van der Waals surface area contributed by atoms with Crippen molar-refractivity contribution < 1.29 is 13.2 Å². The van der Waals surface area contributed by atoms with Crippen molar-refractivity contribution in [3.63, 3.8) is 0 Å². The van der Waals surface area contributed by atoms with Gasteiger partial charge in [0.1, 0.15) is 5.82 Å². The molecule has 0 aliphatic carbocycles. The van der Waals surface area contributed by atoms with Crippen LogP contribution in [-0.2, 0) is 6.54 Å². The summed E-state index contributed by atoms with van der Waals surface area (Å²) < 4.78 is 40.7. The minimum Gasteiger partial charge on any atom is -0.323 e. The van der Waals surface area contributed by atoms with E-state index >= 15 is 0 Å². The highest BCUT2D eigenvalue weighted by Gasteiger charge is 2.11. The smallest absolute Gasteiger partial charge is 0.207 e.